The van der Waals surface area contributed by atoms with Gasteiger partial charge in [0.25, 0.3) is 5.63 Å². The van der Waals surface area contributed by atoms with Gasteiger partial charge in [-0.25, -0.2) is 9.37 Å². The molecule has 0 aliphatic carbocycles. The summed E-state index contributed by atoms with van der Waals surface area (Å²) >= 11 is 10.1. The van der Waals surface area contributed by atoms with Crippen molar-refractivity contribution in [2.75, 3.05) is 6.66 Å². The van der Waals surface area contributed by atoms with Crippen LogP contribution in [0.2, 0.25) is 0 Å². The van der Waals surface area contributed by atoms with Crippen LogP contribution in [0.15, 0.2) is 12.4 Å². The molecule has 86 valence electrons. The van der Waals surface area contributed by atoms with Crippen molar-refractivity contribution < 1.29 is 17.7 Å². The molecule has 0 saturated heterocycles. The first-order valence-electron chi connectivity index (χ1n) is 3.65. The minimum Gasteiger partial charge on any atom is -0.299 e. The molecule has 0 spiro atoms. The van der Waals surface area contributed by atoms with Crippen LogP contribution in [0.5, 0.6) is 0 Å². The number of hydrogen-bond acceptors (Lipinski definition) is 2. The number of aromatic nitrogens is 2. The smallest absolute Gasteiger partial charge is 0.299 e. The topological polar surface area (TPSA) is 34.9 Å². The summed E-state index contributed by atoms with van der Waals surface area (Å²) in [6, 6.07) is -4.03. The van der Waals surface area contributed by atoms with Crippen molar-refractivity contribution in [3.63, 3.8) is 0 Å². The molecule has 15 heavy (non-hydrogen) atoms. The molecular formula is C6H6Cl2F3N2OP. The summed E-state index contributed by atoms with van der Waals surface area (Å²) in [7, 11) is 0. The molecule has 0 aliphatic rings. The Labute approximate surface area is 93.4 Å². The van der Waals surface area contributed by atoms with E-state index in [1.807, 2.05) is 0 Å². The summed E-state index contributed by atoms with van der Waals surface area (Å²) in [4.78, 5) is 3.40. The summed E-state index contributed by atoms with van der Waals surface area (Å²) in [5.74, 6) is 0. The molecule has 1 aromatic heterocycles. The van der Waals surface area contributed by atoms with Gasteiger partial charge in [-0.15, -0.1) is 0 Å². The number of rotatable bonds is 3. The van der Waals surface area contributed by atoms with Crippen molar-refractivity contribution in [3.05, 3.63) is 12.4 Å². The Bertz CT molecular complexity index is 403. The zero-order valence-electron chi connectivity index (χ0n) is 7.37. The minimum absolute atomic E-state index is 0.0818. The number of halogens is 5. The number of hydrogen-bond donors (Lipinski definition) is 0. The van der Waals surface area contributed by atoms with Crippen LogP contribution in [-0.4, -0.2) is 21.8 Å². The van der Waals surface area contributed by atoms with Crippen LogP contribution in [0.25, 0.3) is 0 Å². The van der Waals surface area contributed by atoms with Crippen molar-refractivity contribution in [2.45, 2.75) is 11.7 Å². The molecule has 1 aromatic rings. The number of imidazole rings is 1. The maximum atomic E-state index is 13.1. The van der Waals surface area contributed by atoms with Gasteiger partial charge in [0.1, 0.15) is 0 Å². The van der Waals surface area contributed by atoms with E-state index >= 15 is 0 Å². The van der Waals surface area contributed by atoms with E-state index in [9.17, 15) is 17.7 Å². The molecule has 2 atom stereocenters. The van der Waals surface area contributed by atoms with Crippen molar-refractivity contribution in [1.82, 2.24) is 9.55 Å². The molecule has 2 unspecified atom stereocenters. The third kappa shape index (κ3) is 2.49. The number of alkyl halides is 4. The lowest BCUT2D eigenvalue weighted by Gasteiger charge is -2.20. The van der Waals surface area contributed by atoms with E-state index in [1.54, 1.807) is 0 Å². The fourth-order valence-electron chi connectivity index (χ4n) is 0.929. The molecule has 0 saturated carbocycles. The largest absolute Gasteiger partial charge is 0.375 e. The molecule has 0 N–H and O–H groups in total. The lowest BCUT2D eigenvalue weighted by molar-refractivity contribution is -0.113. The van der Waals surface area contributed by atoms with E-state index in [0.717, 1.165) is 19.1 Å². The monoisotopic (exact) mass is 280 g/mol. The van der Waals surface area contributed by atoms with Crippen LogP contribution < -0.4 is 5.57 Å². The second-order valence-electron chi connectivity index (χ2n) is 2.81. The van der Waals surface area contributed by atoms with E-state index in [-0.39, 0.29) is 4.57 Å². The summed E-state index contributed by atoms with van der Waals surface area (Å²) in [6.45, 7) is -2.49. The maximum absolute atomic E-state index is 13.1. The van der Waals surface area contributed by atoms with Gasteiger partial charge in [-0.05, 0) is 11.2 Å². The van der Waals surface area contributed by atoms with Crippen LogP contribution in [0.1, 0.15) is 0 Å². The molecular weight excluding hydrogens is 275 g/mol. The highest BCUT2D eigenvalue weighted by Gasteiger charge is 2.44. The molecule has 1 heterocycles. The SMILES string of the molecule is CP(=O)(Cl)c1nccn1C(F)(F)C(F)Cl. The third-order valence-electron chi connectivity index (χ3n) is 1.56. The highest BCUT2D eigenvalue weighted by molar-refractivity contribution is 7.94. The van der Waals surface area contributed by atoms with Gasteiger partial charge in [0.2, 0.25) is 6.49 Å². The van der Waals surface area contributed by atoms with E-state index in [0.29, 0.717) is 0 Å². The summed E-state index contributed by atoms with van der Waals surface area (Å²) in [5.41, 5.74) is -3.54. The van der Waals surface area contributed by atoms with Crippen LogP contribution in [0.4, 0.5) is 13.2 Å². The van der Waals surface area contributed by atoms with Crippen molar-refractivity contribution in [2.24, 2.45) is 0 Å². The molecule has 0 amide bonds. The van der Waals surface area contributed by atoms with Crippen molar-refractivity contribution in [1.29, 1.82) is 0 Å². The standard InChI is InChI=1S/C6H6Cl2F3N2OP/c1-15(8,14)5-12-2-3-13(5)6(10,11)4(7)9/h2-4H,1H3. The van der Waals surface area contributed by atoms with Gasteiger partial charge in [0.05, 0.1) is 0 Å². The molecule has 0 bridgehead atoms. The first-order chi connectivity index (χ1) is 6.67. The summed E-state index contributed by atoms with van der Waals surface area (Å²) in [5, 5.41) is 0. The average Bonchev–Trinajstić information content (AvgIpc) is 2.49. The minimum atomic E-state index is -4.03. The normalized spacial score (nSPS) is 18.5. The van der Waals surface area contributed by atoms with Gasteiger partial charge in [0.15, 0.2) is 5.57 Å². The fraction of sp³-hybridized carbons (Fsp3) is 0.500. The molecule has 9 heteroatoms. The van der Waals surface area contributed by atoms with E-state index in [2.05, 4.69) is 16.6 Å². The van der Waals surface area contributed by atoms with E-state index in [1.165, 1.54) is 0 Å². The Balaban J connectivity index is 3.28. The molecule has 3 nitrogen and oxygen atoms in total. The Hall–Kier alpha value is -0.190. The van der Waals surface area contributed by atoms with Crippen LogP contribution in [0, 0.1) is 0 Å². The second kappa shape index (κ2) is 4.00. The first-order valence-corrected chi connectivity index (χ1v) is 7.14. The number of nitrogens with zero attached hydrogens (tertiary/aromatic N) is 2. The second-order valence-corrected chi connectivity index (χ2v) is 7.16. The fourth-order valence-corrected chi connectivity index (χ4v) is 2.27. The predicted molar refractivity (Wildman–Crippen MR) is 52.2 cm³/mol. The highest BCUT2D eigenvalue weighted by Crippen LogP contribution is 2.46. The van der Waals surface area contributed by atoms with Gasteiger partial charge < -0.3 is 0 Å². The molecule has 0 fully saturated rings. The van der Waals surface area contributed by atoms with Gasteiger partial charge in [-0.2, -0.15) is 8.78 Å². The van der Waals surface area contributed by atoms with Crippen LogP contribution in [0.3, 0.4) is 0 Å². The molecule has 0 aromatic carbocycles. The van der Waals surface area contributed by atoms with Gasteiger partial charge in [-0.3, -0.25) is 9.13 Å². The zero-order chi connectivity index (χ0) is 11.9. The van der Waals surface area contributed by atoms with Gasteiger partial charge in [-0.1, -0.05) is 11.6 Å². The molecule has 0 radical (unpaired) electrons. The summed E-state index contributed by atoms with van der Waals surface area (Å²) in [6.07, 6.45) is 1.71. The average molecular weight is 281 g/mol. The van der Waals surface area contributed by atoms with Gasteiger partial charge in [0, 0.05) is 19.1 Å². The van der Waals surface area contributed by atoms with E-state index in [4.69, 9.17) is 11.2 Å². The lowest BCUT2D eigenvalue weighted by Crippen LogP contribution is -2.37. The Morgan fingerprint density at radius 3 is 2.60 bits per heavy atom. The lowest BCUT2D eigenvalue weighted by atomic mass is 10.6. The quantitative estimate of drug-likeness (QED) is 0.630. The van der Waals surface area contributed by atoms with Crippen molar-refractivity contribution in [3.8, 4) is 0 Å². The maximum Gasteiger partial charge on any atom is 0.375 e. The Morgan fingerprint density at radius 2 is 2.20 bits per heavy atom. The molecule has 0 aliphatic heterocycles. The first kappa shape index (κ1) is 12.9. The Kier molecular flexibility index (Phi) is 3.43. The van der Waals surface area contributed by atoms with Crippen LogP contribution >= 0.6 is 29.3 Å². The molecule has 1 rings (SSSR count). The van der Waals surface area contributed by atoms with E-state index < -0.39 is 23.7 Å². The third-order valence-corrected chi connectivity index (χ3v) is 3.32. The van der Waals surface area contributed by atoms with Gasteiger partial charge >= 0.3 is 6.05 Å². The van der Waals surface area contributed by atoms with Crippen LogP contribution in [-0.2, 0) is 10.6 Å². The zero-order valence-corrected chi connectivity index (χ0v) is 9.78. The van der Waals surface area contributed by atoms with Crippen molar-refractivity contribution >= 4 is 34.9 Å². The highest BCUT2D eigenvalue weighted by atomic mass is 35.7. The Morgan fingerprint density at radius 1 is 1.67 bits per heavy atom. The predicted octanol–water partition coefficient (Wildman–Crippen LogP) is 2.74. The summed E-state index contributed by atoms with van der Waals surface area (Å²) < 4.78 is 50.2.